The Balaban J connectivity index is 1.73. The molecule has 0 aliphatic carbocycles. The van der Waals surface area contributed by atoms with Crippen molar-refractivity contribution in [1.82, 2.24) is 9.55 Å². The molecule has 4 aromatic rings. The lowest BCUT2D eigenvalue weighted by Gasteiger charge is -2.36. The summed E-state index contributed by atoms with van der Waals surface area (Å²) in [4.78, 5) is 35.3. The third kappa shape index (κ3) is 3.54. The van der Waals surface area contributed by atoms with Crippen molar-refractivity contribution in [3.05, 3.63) is 92.7 Å². The summed E-state index contributed by atoms with van der Waals surface area (Å²) in [5.41, 5.74) is 3.54. The van der Waals surface area contributed by atoms with Crippen LogP contribution in [0.3, 0.4) is 0 Å². The Labute approximate surface area is 242 Å². The first kappa shape index (κ1) is 26.4. The zero-order valence-corrected chi connectivity index (χ0v) is 24.3. The van der Waals surface area contributed by atoms with Crippen LogP contribution in [0.15, 0.2) is 54.6 Å². The summed E-state index contributed by atoms with van der Waals surface area (Å²) in [6.45, 7) is 7.99. The van der Waals surface area contributed by atoms with Crippen LogP contribution in [0, 0.1) is 6.92 Å². The zero-order chi connectivity index (χ0) is 28.5. The first-order valence-corrected chi connectivity index (χ1v) is 13.9. The minimum atomic E-state index is -1.53. The van der Waals surface area contributed by atoms with Gasteiger partial charge in [-0.2, -0.15) is 0 Å². The fourth-order valence-electron chi connectivity index (χ4n) is 5.97. The molecule has 0 radical (unpaired) electrons. The van der Waals surface area contributed by atoms with Crippen molar-refractivity contribution in [1.29, 1.82) is 0 Å². The number of anilines is 2. The molecular formula is C31H28Cl2N4O3. The fraction of sp³-hybridized carbons (Fsp3) is 0.258. The van der Waals surface area contributed by atoms with Crippen molar-refractivity contribution in [3.8, 4) is 17.1 Å². The summed E-state index contributed by atoms with van der Waals surface area (Å²) in [6.07, 6.45) is 0.848. The van der Waals surface area contributed by atoms with E-state index in [9.17, 15) is 9.59 Å². The average Bonchev–Trinajstić information content (AvgIpc) is 3.53. The van der Waals surface area contributed by atoms with Crippen molar-refractivity contribution < 1.29 is 14.3 Å². The van der Waals surface area contributed by atoms with Crippen molar-refractivity contribution >= 4 is 46.4 Å². The van der Waals surface area contributed by atoms with Gasteiger partial charge in [-0.05, 0) is 74.7 Å². The highest BCUT2D eigenvalue weighted by atomic mass is 35.5. The van der Waals surface area contributed by atoms with Crippen LogP contribution in [0.5, 0.6) is 5.75 Å². The second kappa shape index (κ2) is 9.39. The number of carbonyl (C=O) groups excluding carboxylic acids is 2. The molecule has 2 amide bonds. The topological polar surface area (TPSA) is 76.5 Å². The molecule has 40 heavy (non-hydrogen) atoms. The number of aromatic nitrogens is 2. The molecule has 2 aliphatic heterocycles. The van der Waals surface area contributed by atoms with Crippen LogP contribution in [-0.2, 0) is 16.8 Å². The van der Waals surface area contributed by atoms with Crippen LogP contribution in [0.1, 0.15) is 59.7 Å². The number of aryl methyl sites for hydroxylation is 2. The number of nitrogens with one attached hydrogen (secondary N) is 1. The summed E-state index contributed by atoms with van der Waals surface area (Å²) in [6, 6.07) is 16.4. The Morgan fingerprint density at radius 3 is 2.45 bits per heavy atom. The molecule has 3 heterocycles. The molecule has 0 bridgehead atoms. The van der Waals surface area contributed by atoms with E-state index in [1.807, 2.05) is 49.6 Å². The SMILES string of the molecule is CCc1ccc(-c2nc3c(n2C(C)C)C2(C(=O)Nc4cc(Cl)ccc42)N(c2cc(Cl)ccc2C)C3=O)c(OC)c1. The van der Waals surface area contributed by atoms with E-state index in [1.165, 1.54) is 0 Å². The highest BCUT2D eigenvalue weighted by molar-refractivity contribution is 6.32. The van der Waals surface area contributed by atoms with E-state index in [-0.39, 0.29) is 23.6 Å². The van der Waals surface area contributed by atoms with Crippen LogP contribution < -0.4 is 15.0 Å². The van der Waals surface area contributed by atoms with Crippen LogP contribution in [0.2, 0.25) is 10.0 Å². The number of imidazole rings is 1. The molecule has 7 nitrogen and oxygen atoms in total. The molecule has 1 atom stereocenters. The van der Waals surface area contributed by atoms with Gasteiger partial charge in [0.2, 0.25) is 0 Å². The van der Waals surface area contributed by atoms with Crippen LogP contribution >= 0.6 is 23.2 Å². The van der Waals surface area contributed by atoms with Gasteiger partial charge in [-0.3, -0.25) is 14.5 Å². The van der Waals surface area contributed by atoms with Gasteiger partial charge < -0.3 is 14.6 Å². The molecule has 1 N–H and O–H groups in total. The minimum absolute atomic E-state index is 0.156. The van der Waals surface area contributed by atoms with Gasteiger partial charge >= 0.3 is 0 Å². The van der Waals surface area contributed by atoms with Crippen LogP contribution in [-0.4, -0.2) is 28.5 Å². The second-order valence-corrected chi connectivity index (χ2v) is 11.3. The van der Waals surface area contributed by atoms with Gasteiger partial charge in [0.05, 0.1) is 24.1 Å². The van der Waals surface area contributed by atoms with E-state index in [1.54, 1.807) is 42.3 Å². The number of hydrogen-bond donors (Lipinski definition) is 1. The molecule has 6 rings (SSSR count). The lowest BCUT2D eigenvalue weighted by atomic mass is 9.86. The first-order chi connectivity index (χ1) is 19.1. The smallest absolute Gasteiger partial charge is 0.280 e. The maximum atomic E-state index is 14.5. The minimum Gasteiger partial charge on any atom is -0.496 e. The van der Waals surface area contributed by atoms with E-state index in [2.05, 4.69) is 12.2 Å². The van der Waals surface area contributed by atoms with Crippen LogP contribution in [0.4, 0.5) is 11.4 Å². The zero-order valence-electron chi connectivity index (χ0n) is 22.8. The monoisotopic (exact) mass is 574 g/mol. The Hall–Kier alpha value is -3.81. The van der Waals surface area contributed by atoms with Gasteiger partial charge in [-0.25, -0.2) is 4.98 Å². The largest absolute Gasteiger partial charge is 0.496 e. The number of ether oxygens (including phenoxy) is 1. The number of fused-ring (bicyclic) bond motifs is 4. The maximum absolute atomic E-state index is 14.5. The number of hydrogen-bond acceptors (Lipinski definition) is 4. The van der Waals surface area contributed by atoms with Gasteiger partial charge in [0, 0.05) is 27.3 Å². The summed E-state index contributed by atoms with van der Waals surface area (Å²) in [5, 5.41) is 3.93. The van der Waals surface area contributed by atoms with Crippen molar-refractivity contribution in [2.75, 3.05) is 17.3 Å². The average molecular weight is 575 g/mol. The Kier molecular flexibility index (Phi) is 6.20. The van der Waals surface area contributed by atoms with Crippen molar-refractivity contribution in [3.63, 3.8) is 0 Å². The lowest BCUT2D eigenvalue weighted by molar-refractivity contribution is -0.119. The molecule has 0 saturated heterocycles. The molecule has 1 unspecified atom stereocenters. The number of nitrogens with zero attached hydrogens (tertiary/aromatic N) is 3. The molecule has 204 valence electrons. The highest BCUT2D eigenvalue weighted by Crippen LogP contribution is 2.55. The molecule has 2 aliphatic rings. The quantitative estimate of drug-likeness (QED) is 0.274. The standard InChI is InChI=1S/C31H28Cl2N4O3/c1-6-18-8-11-21(25(13-18)40-5)28-35-26-27(36(28)16(2)3)31(22-12-10-19(32)14-23(22)34-30(31)39)37(29(26)38)24-15-20(33)9-7-17(24)4/h7-16H,6H2,1-5H3,(H,34,39). The number of amides is 2. The Bertz CT molecular complexity index is 1730. The van der Waals surface area contributed by atoms with Gasteiger partial charge in [-0.15, -0.1) is 0 Å². The van der Waals surface area contributed by atoms with Gasteiger partial charge in [0.1, 0.15) is 11.6 Å². The summed E-state index contributed by atoms with van der Waals surface area (Å²) < 4.78 is 7.76. The molecule has 9 heteroatoms. The molecule has 3 aromatic carbocycles. The summed E-state index contributed by atoms with van der Waals surface area (Å²) in [7, 11) is 1.62. The van der Waals surface area contributed by atoms with E-state index in [0.717, 1.165) is 23.1 Å². The predicted octanol–water partition coefficient (Wildman–Crippen LogP) is 7.17. The van der Waals surface area contributed by atoms with Gasteiger partial charge in [0.15, 0.2) is 11.2 Å². The molecule has 1 aromatic heterocycles. The Morgan fingerprint density at radius 1 is 1.02 bits per heavy atom. The van der Waals surface area contributed by atoms with E-state index in [4.69, 9.17) is 32.9 Å². The number of benzene rings is 3. The van der Waals surface area contributed by atoms with Crippen molar-refractivity contribution in [2.45, 2.75) is 45.7 Å². The fourth-order valence-corrected chi connectivity index (χ4v) is 6.30. The lowest BCUT2D eigenvalue weighted by Crippen LogP contribution is -2.51. The molecule has 1 spiro atoms. The van der Waals surface area contributed by atoms with E-state index < -0.39 is 5.54 Å². The predicted molar refractivity (Wildman–Crippen MR) is 158 cm³/mol. The molecular weight excluding hydrogens is 547 g/mol. The molecule has 0 fully saturated rings. The number of methoxy groups -OCH3 is 1. The number of rotatable bonds is 5. The maximum Gasteiger partial charge on any atom is 0.280 e. The summed E-state index contributed by atoms with van der Waals surface area (Å²) >= 11 is 12.8. The Morgan fingerprint density at radius 2 is 1.75 bits per heavy atom. The van der Waals surface area contributed by atoms with Gasteiger partial charge in [0.25, 0.3) is 11.8 Å². The highest BCUT2D eigenvalue weighted by Gasteiger charge is 2.64. The summed E-state index contributed by atoms with van der Waals surface area (Å²) in [5.74, 6) is 0.461. The molecule has 0 saturated carbocycles. The van der Waals surface area contributed by atoms with Gasteiger partial charge in [-0.1, -0.05) is 48.3 Å². The number of carbonyl (C=O) groups is 2. The second-order valence-electron chi connectivity index (χ2n) is 10.4. The third-order valence-corrected chi connectivity index (χ3v) is 8.26. The van der Waals surface area contributed by atoms with Crippen molar-refractivity contribution in [2.24, 2.45) is 0 Å². The normalized spacial score (nSPS) is 17.6. The number of halogens is 2. The van der Waals surface area contributed by atoms with E-state index >= 15 is 0 Å². The first-order valence-electron chi connectivity index (χ1n) is 13.2. The van der Waals surface area contributed by atoms with Crippen LogP contribution in [0.25, 0.3) is 11.4 Å². The van der Waals surface area contributed by atoms with E-state index in [0.29, 0.717) is 44.3 Å². The third-order valence-electron chi connectivity index (χ3n) is 7.79.